The van der Waals surface area contributed by atoms with Crippen LogP contribution in [0.15, 0.2) is 72.8 Å². The van der Waals surface area contributed by atoms with Crippen LogP contribution in [0.5, 0.6) is 11.5 Å². The van der Waals surface area contributed by atoms with E-state index in [4.69, 9.17) is 9.47 Å². The molecule has 2 N–H and O–H groups in total. The Kier molecular flexibility index (Phi) is 6.83. The minimum Gasteiger partial charge on any atom is -0.455 e. The number of nitrogens with one attached hydrogen (secondary N) is 2. The predicted molar refractivity (Wildman–Crippen MR) is 122 cm³/mol. The van der Waals surface area contributed by atoms with Gasteiger partial charge in [-0.05, 0) is 61.7 Å². The monoisotopic (exact) mass is 434 g/mol. The molecule has 1 heterocycles. The number of benzene rings is 3. The molecule has 0 saturated carbocycles. The van der Waals surface area contributed by atoms with Crippen LogP contribution in [0.1, 0.15) is 24.0 Å². The summed E-state index contributed by atoms with van der Waals surface area (Å²) in [6, 6.07) is 21.5. The molecule has 6 heteroatoms. The summed E-state index contributed by atoms with van der Waals surface area (Å²) in [5.74, 6) is 0.814. The first kappa shape index (κ1) is 22.0. The molecule has 0 unspecified atom stereocenters. The van der Waals surface area contributed by atoms with E-state index in [1.54, 1.807) is 12.1 Å². The average Bonchev–Trinajstić information content (AvgIpc) is 2.81. The SMILES string of the molecule is Cc1ccc(Oc2ccccc2NC(=O)CNC2(c3ccc(F)cc3)CCOCC2)cc1. The zero-order valence-corrected chi connectivity index (χ0v) is 18.1. The molecule has 1 amide bonds. The van der Waals surface area contributed by atoms with Crippen molar-refractivity contribution in [2.75, 3.05) is 25.1 Å². The average molecular weight is 435 g/mol. The highest BCUT2D eigenvalue weighted by Gasteiger charge is 2.34. The topological polar surface area (TPSA) is 59.6 Å². The van der Waals surface area contributed by atoms with Crippen molar-refractivity contribution >= 4 is 11.6 Å². The molecular weight excluding hydrogens is 407 g/mol. The third kappa shape index (κ3) is 5.33. The summed E-state index contributed by atoms with van der Waals surface area (Å²) in [4.78, 5) is 12.8. The number of rotatable bonds is 7. The van der Waals surface area contributed by atoms with Gasteiger partial charge in [0, 0.05) is 18.8 Å². The second-order valence-electron chi connectivity index (χ2n) is 8.01. The number of ether oxygens (including phenoxy) is 2. The van der Waals surface area contributed by atoms with E-state index < -0.39 is 5.54 Å². The van der Waals surface area contributed by atoms with Gasteiger partial charge in [0.15, 0.2) is 5.75 Å². The molecule has 3 aromatic carbocycles. The van der Waals surface area contributed by atoms with Crippen molar-refractivity contribution in [3.8, 4) is 11.5 Å². The Morgan fingerprint density at radius 1 is 1.00 bits per heavy atom. The number of para-hydroxylation sites is 2. The number of hydrogen-bond donors (Lipinski definition) is 2. The van der Waals surface area contributed by atoms with Crippen LogP contribution in [0.4, 0.5) is 10.1 Å². The van der Waals surface area contributed by atoms with Crippen LogP contribution < -0.4 is 15.4 Å². The lowest BCUT2D eigenvalue weighted by Crippen LogP contribution is -2.49. The zero-order valence-electron chi connectivity index (χ0n) is 18.1. The van der Waals surface area contributed by atoms with Crippen molar-refractivity contribution in [2.45, 2.75) is 25.3 Å². The number of hydrogen-bond acceptors (Lipinski definition) is 4. The highest BCUT2D eigenvalue weighted by molar-refractivity contribution is 5.93. The molecule has 0 radical (unpaired) electrons. The first-order chi connectivity index (χ1) is 15.5. The van der Waals surface area contributed by atoms with Crippen molar-refractivity contribution in [2.24, 2.45) is 0 Å². The summed E-state index contributed by atoms with van der Waals surface area (Å²) in [6.45, 7) is 3.29. The van der Waals surface area contributed by atoms with E-state index in [2.05, 4.69) is 10.6 Å². The molecule has 0 bridgehead atoms. The highest BCUT2D eigenvalue weighted by Crippen LogP contribution is 2.33. The Labute approximate surface area is 187 Å². The van der Waals surface area contributed by atoms with Crippen molar-refractivity contribution in [1.82, 2.24) is 5.32 Å². The normalized spacial score (nSPS) is 15.2. The molecule has 32 heavy (non-hydrogen) atoms. The van der Waals surface area contributed by atoms with E-state index in [-0.39, 0.29) is 18.3 Å². The van der Waals surface area contributed by atoms with Crippen molar-refractivity contribution in [1.29, 1.82) is 0 Å². The van der Waals surface area contributed by atoms with E-state index in [9.17, 15) is 9.18 Å². The zero-order chi connectivity index (χ0) is 22.4. The van der Waals surface area contributed by atoms with Gasteiger partial charge < -0.3 is 14.8 Å². The van der Waals surface area contributed by atoms with Crippen LogP contribution in [0.25, 0.3) is 0 Å². The van der Waals surface area contributed by atoms with Gasteiger partial charge in [-0.2, -0.15) is 0 Å². The van der Waals surface area contributed by atoms with Crippen LogP contribution in [0, 0.1) is 12.7 Å². The summed E-state index contributed by atoms with van der Waals surface area (Å²) in [5.41, 5.74) is 2.27. The van der Waals surface area contributed by atoms with Crippen LogP contribution in [0.3, 0.4) is 0 Å². The minimum absolute atomic E-state index is 0.107. The molecule has 0 atom stereocenters. The smallest absolute Gasteiger partial charge is 0.238 e. The largest absolute Gasteiger partial charge is 0.455 e. The molecule has 0 spiro atoms. The van der Waals surface area contributed by atoms with Gasteiger partial charge in [-0.3, -0.25) is 10.1 Å². The molecule has 5 nitrogen and oxygen atoms in total. The maximum absolute atomic E-state index is 13.4. The van der Waals surface area contributed by atoms with Gasteiger partial charge in [-0.25, -0.2) is 4.39 Å². The Morgan fingerprint density at radius 3 is 2.41 bits per heavy atom. The summed E-state index contributed by atoms with van der Waals surface area (Å²) < 4.78 is 24.9. The molecule has 1 aliphatic heterocycles. The minimum atomic E-state index is -0.429. The number of amides is 1. The quantitative estimate of drug-likeness (QED) is 0.539. The molecule has 166 valence electrons. The molecule has 0 aromatic heterocycles. The predicted octanol–water partition coefficient (Wildman–Crippen LogP) is 5.16. The van der Waals surface area contributed by atoms with Gasteiger partial charge in [-0.15, -0.1) is 0 Å². The maximum atomic E-state index is 13.4. The van der Waals surface area contributed by atoms with E-state index in [0.29, 0.717) is 43.2 Å². The van der Waals surface area contributed by atoms with Gasteiger partial charge in [0.2, 0.25) is 5.91 Å². The fourth-order valence-corrected chi connectivity index (χ4v) is 3.89. The molecule has 1 aliphatic rings. The second-order valence-corrected chi connectivity index (χ2v) is 8.01. The van der Waals surface area contributed by atoms with Crippen molar-refractivity contribution in [3.05, 3.63) is 89.7 Å². The Hall–Kier alpha value is -3.22. The van der Waals surface area contributed by atoms with Crippen molar-refractivity contribution in [3.63, 3.8) is 0 Å². The van der Waals surface area contributed by atoms with Gasteiger partial charge in [0.1, 0.15) is 11.6 Å². The fraction of sp³-hybridized carbons (Fsp3) is 0.269. The summed E-state index contributed by atoms with van der Waals surface area (Å²) in [7, 11) is 0. The van der Waals surface area contributed by atoms with Crippen LogP contribution >= 0.6 is 0 Å². The lowest BCUT2D eigenvalue weighted by Gasteiger charge is -2.38. The van der Waals surface area contributed by atoms with E-state index >= 15 is 0 Å². The number of anilines is 1. The van der Waals surface area contributed by atoms with Crippen molar-refractivity contribution < 1.29 is 18.7 Å². The summed E-state index contributed by atoms with van der Waals surface area (Å²) in [6.07, 6.45) is 1.41. The molecule has 0 aliphatic carbocycles. The maximum Gasteiger partial charge on any atom is 0.238 e. The Bertz CT molecular complexity index is 1050. The fourth-order valence-electron chi connectivity index (χ4n) is 3.89. The van der Waals surface area contributed by atoms with Gasteiger partial charge in [0.25, 0.3) is 0 Å². The van der Waals surface area contributed by atoms with Gasteiger partial charge in [0.05, 0.1) is 12.2 Å². The van der Waals surface area contributed by atoms with E-state index in [1.807, 2.05) is 55.5 Å². The number of aryl methyl sites for hydroxylation is 1. The molecule has 4 rings (SSSR count). The van der Waals surface area contributed by atoms with Gasteiger partial charge >= 0.3 is 0 Å². The lowest BCUT2D eigenvalue weighted by molar-refractivity contribution is -0.116. The first-order valence-corrected chi connectivity index (χ1v) is 10.8. The summed E-state index contributed by atoms with van der Waals surface area (Å²) >= 11 is 0. The summed E-state index contributed by atoms with van der Waals surface area (Å²) in [5, 5.41) is 6.35. The van der Waals surface area contributed by atoms with Crippen LogP contribution in [0.2, 0.25) is 0 Å². The molecular formula is C26H27FN2O3. The highest BCUT2D eigenvalue weighted by atomic mass is 19.1. The third-order valence-corrected chi connectivity index (χ3v) is 5.74. The van der Waals surface area contributed by atoms with Crippen LogP contribution in [-0.4, -0.2) is 25.7 Å². The molecule has 1 fully saturated rings. The molecule has 3 aromatic rings. The lowest BCUT2D eigenvalue weighted by atomic mass is 9.82. The van der Waals surface area contributed by atoms with Crippen LogP contribution in [-0.2, 0) is 15.1 Å². The number of carbonyl (C=O) groups is 1. The molecule has 1 saturated heterocycles. The Balaban J connectivity index is 1.44. The van der Waals surface area contributed by atoms with Gasteiger partial charge in [-0.1, -0.05) is 42.0 Å². The Morgan fingerprint density at radius 2 is 1.69 bits per heavy atom. The second kappa shape index (κ2) is 9.94. The van der Waals surface area contributed by atoms with E-state index in [1.165, 1.54) is 12.1 Å². The number of halogens is 1. The van der Waals surface area contributed by atoms with E-state index in [0.717, 1.165) is 11.1 Å². The first-order valence-electron chi connectivity index (χ1n) is 10.8. The third-order valence-electron chi connectivity index (χ3n) is 5.74. The number of carbonyl (C=O) groups excluding carboxylic acids is 1. The standard InChI is InChI=1S/C26H27FN2O3/c1-19-6-12-22(13-7-19)32-24-5-3-2-4-23(24)29-25(30)18-28-26(14-16-31-17-15-26)20-8-10-21(27)11-9-20/h2-13,28H,14-18H2,1H3,(H,29,30).